The van der Waals surface area contributed by atoms with Crippen molar-refractivity contribution < 1.29 is 55.3 Å². The standard InChI is InChI=1S/Ca.Li.Mn.Ni.Ti.3H. The van der Waals surface area contributed by atoms with Crippen LogP contribution in [0.2, 0.25) is 0 Å². The van der Waals surface area contributed by atoms with Crippen LogP contribution in [0.4, 0.5) is 0 Å². The van der Waals surface area contributed by atoms with E-state index in [4.69, 9.17) is 0 Å². The van der Waals surface area contributed by atoms with E-state index in [9.17, 15) is 0 Å². The molecule has 0 rings (SSSR count). The van der Waals surface area contributed by atoms with Crippen molar-refractivity contribution in [3.05, 3.63) is 0 Å². The first-order chi connectivity index (χ1) is 0. The summed E-state index contributed by atoms with van der Waals surface area (Å²) < 4.78 is 0. The van der Waals surface area contributed by atoms with E-state index < -0.39 is 0 Å². The van der Waals surface area contributed by atoms with Crippen LogP contribution < -0.4 is 0 Å². The molecule has 0 bridgehead atoms. The summed E-state index contributed by atoms with van der Waals surface area (Å²) in [6, 6.07) is 0. The molecular weight excluding hydrogens is 209 g/mol. The third kappa shape index (κ3) is 18.4. The predicted octanol–water partition coefficient (Wildman–Crippen LogP) is -1.57. The van der Waals surface area contributed by atoms with Gasteiger partial charge in [0.15, 0.2) is 0 Å². The first-order valence-corrected chi connectivity index (χ1v) is 0. The molecule has 0 nitrogen and oxygen atoms in total. The molecule has 27 valence electrons. The molecule has 1 radical (unpaired) electrons. The molecule has 0 aliphatic heterocycles. The molecule has 0 saturated carbocycles. The Morgan fingerprint density at radius 3 is 1.00 bits per heavy atom. The van der Waals surface area contributed by atoms with Crippen LogP contribution in [0.25, 0.3) is 0 Å². The summed E-state index contributed by atoms with van der Waals surface area (Å²) in [7, 11) is 0. The number of rotatable bonds is 0. The van der Waals surface area contributed by atoms with Gasteiger partial charge in [0, 0.05) is 55.3 Å². The van der Waals surface area contributed by atoms with Crippen molar-refractivity contribution in [2.24, 2.45) is 0 Å². The SMILES string of the molecule is [CaH2].[LiH].[Mn].[Ni].[Ti]. The van der Waals surface area contributed by atoms with Gasteiger partial charge in [-0.05, 0) is 0 Å². The van der Waals surface area contributed by atoms with Gasteiger partial charge in [0.05, 0.1) is 0 Å². The maximum Gasteiger partial charge on any atom is 0 e. The molecule has 0 aromatic carbocycles. The Labute approximate surface area is 109 Å². The Morgan fingerprint density at radius 2 is 1.00 bits per heavy atom. The summed E-state index contributed by atoms with van der Waals surface area (Å²) in [5.41, 5.74) is 0. The van der Waals surface area contributed by atoms with Crippen molar-refractivity contribution in [2.45, 2.75) is 0 Å². The van der Waals surface area contributed by atoms with E-state index in [1.165, 1.54) is 0 Å². The minimum atomic E-state index is 0. The quantitative estimate of drug-likeness (QED) is 0.425. The summed E-state index contributed by atoms with van der Waals surface area (Å²) in [5.74, 6) is 0. The Kier molecular flexibility index (Phi) is 197. The van der Waals surface area contributed by atoms with Crippen LogP contribution in [0.3, 0.4) is 0 Å². The fourth-order valence-corrected chi connectivity index (χ4v) is 0. The van der Waals surface area contributed by atoms with E-state index in [-0.39, 0.29) is 112 Å². The van der Waals surface area contributed by atoms with Crippen molar-refractivity contribution >= 4 is 56.6 Å². The Balaban J connectivity index is 0. The molecule has 0 saturated heterocycles. The van der Waals surface area contributed by atoms with Gasteiger partial charge in [-0.1, -0.05) is 0 Å². The zero-order valence-electron chi connectivity index (χ0n) is 1.19. The van der Waals surface area contributed by atoms with Crippen LogP contribution in [-0.2, 0) is 55.3 Å². The molecule has 5 heavy (non-hydrogen) atoms. The molecule has 0 heterocycles. The topological polar surface area (TPSA) is 0 Å². The van der Waals surface area contributed by atoms with E-state index in [1.807, 2.05) is 0 Å². The van der Waals surface area contributed by atoms with E-state index in [1.54, 1.807) is 0 Å². The monoisotopic (exact) mass is 211 g/mol. The number of hydrogen-bond donors (Lipinski definition) is 0. The summed E-state index contributed by atoms with van der Waals surface area (Å²) in [6.07, 6.45) is 0. The molecule has 0 amide bonds. The number of hydrogen-bond acceptors (Lipinski definition) is 0. The maximum absolute atomic E-state index is 0. The fraction of sp³-hybridized carbons (Fsp3) is 0. The van der Waals surface area contributed by atoms with Crippen LogP contribution in [0.1, 0.15) is 0 Å². The Bertz CT molecular complexity index is 11.6. The molecule has 0 spiro atoms. The molecule has 0 unspecified atom stereocenters. The Morgan fingerprint density at radius 1 is 1.00 bits per heavy atom. The fourth-order valence-electron chi connectivity index (χ4n) is 0. The largest absolute Gasteiger partial charge is 0 e. The molecule has 0 fully saturated rings. The maximum atomic E-state index is 0. The van der Waals surface area contributed by atoms with Crippen LogP contribution in [0, 0.1) is 0 Å². The van der Waals surface area contributed by atoms with Crippen molar-refractivity contribution in [1.29, 1.82) is 0 Å². The predicted molar refractivity (Wildman–Crippen MR) is 15.7 cm³/mol. The van der Waals surface area contributed by atoms with Gasteiger partial charge in [-0.15, -0.1) is 0 Å². The van der Waals surface area contributed by atoms with E-state index in [0.717, 1.165) is 0 Å². The van der Waals surface area contributed by atoms with Crippen molar-refractivity contribution in [3.63, 3.8) is 0 Å². The van der Waals surface area contributed by atoms with E-state index in [0.29, 0.717) is 0 Å². The van der Waals surface area contributed by atoms with Gasteiger partial charge in [-0.3, -0.25) is 0 Å². The van der Waals surface area contributed by atoms with Crippen molar-refractivity contribution in [3.8, 4) is 0 Å². The van der Waals surface area contributed by atoms with Gasteiger partial charge < -0.3 is 0 Å². The smallest absolute Gasteiger partial charge is 0 e. The zero-order valence-corrected chi connectivity index (χ0v) is 4.92. The molecular formula is H3CaLiMnNiTi. The minimum absolute atomic E-state index is 0. The summed E-state index contributed by atoms with van der Waals surface area (Å²) in [5, 5.41) is 0. The third-order valence-corrected chi connectivity index (χ3v) is 0. The van der Waals surface area contributed by atoms with E-state index >= 15 is 0 Å². The second-order valence-corrected chi connectivity index (χ2v) is 0. The first-order valence-electron chi connectivity index (χ1n) is 0. The molecule has 0 aromatic heterocycles. The normalized spacial score (nSPS) is 0. The molecule has 0 atom stereocenters. The van der Waals surface area contributed by atoms with Crippen LogP contribution in [-0.4, -0.2) is 56.6 Å². The second kappa shape index (κ2) is 25.6. The average molecular weight is 212 g/mol. The summed E-state index contributed by atoms with van der Waals surface area (Å²) in [4.78, 5) is 0. The molecule has 0 aliphatic rings. The van der Waals surface area contributed by atoms with Crippen LogP contribution in [0.5, 0.6) is 0 Å². The van der Waals surface area contributed by atoms with Gasteiger partial charge in [0.2, 0.25) is 0 Å². The first kappa shape index (κ1) is 38.4. The zero-order chi connectivity index (χ0) is 0. The van der Waals surface area contributed by atoms with Gasteiger partial charge in [-0.2, -0.15) is 0 Å². The molecule has 0 N–H and O–H groups in total. The summed E-state index contributed by atoms with van der Waals surface area (Å²) in [6.45, 7) is 0. The summed E-state index contributed by atoms with van der Waals surface area (Å²) >= 11 is 0. The van der Waals surface area contributed by atoms with Crippen LogP contribution in [0.15, 0.2) is 0 Å². The van der Waals surface area contributed by atoms with Gasteiger partial charge in [-0.25, -0.2) is 0 Å². The van der Waals surface area contributed by atoms with Crippen molar-refractivity contribution in [2.75, 3.05) is 0 Å². The minimum Gasteiger partial charge on any atom is 0 e. The van der Waals surface area contributed by atoms with Crippen molar-refractivity contribution in [1.82, 2.24) is 0 Å². The Hall–Kier alpha value is 3.58. The molecule has 0 aromatic rings. The average Bonchev–Trinajstić information content (AvgIpc) is 0. The van der Waals surface area contributed by atoms with E-state index in [2.05, 4.69) is 0 Å². The van der Waals surface area contributed by atoms with Gasteiger partial charge in [0.25, 0.3) is 0 Å². The van der Waals surface area contributed by atoms with Gasteiger partial charge >= 0.3 is 56.6 Å². The third-order valence-electron chi connectivity index (χ3n) is 0. The second-order valence-electron chi connectivity index (χ2n) is 0. The van der Waals surface area contributed by atoms with Crippen LogP contribution >= 0.6 is 0 Å². The van der Waals surface area contributed by atoms with Gasteiger partial charge in [0.1, 0.15) is 0 Å². The molecule has 5 heteroatoms. The molecule has 0 aliphatic carbocycles.